The second-order valence-electron chi connectivity index (χ2n) is 6.25. The molecule has 5 nitrogen and oxygen atoms in total. The molecular weight excluding hydrogens is 274 g/mol. The van der Waals surface area contributed by atoms with Gasteiger partial charge in [-0.3, -0.25) is 4.21 Å². The molecule has 118 valence electrons. The Labute approximate surface area is 125 Å². The maximum atomic E-state index is 11.8. The van der Waals surface area contributed by atoms with Crippen LogP contribution in [0.3, 0.4) is 0 Å². The zero-order valence-corrected chi connectivity index (χ0v) is 13.9. The van der Waals surface area contributed by atoms with Crippen LogP contribution < -0.4 is 10.6 Å². The highest BCUT2D eigenvalue weighted by Gasteiger charge is 2.18. The number of hydrogen-bond donors (Lipinski definition) is 2. The van der Waals surface area contributed by atoms with E-state index in [1.165, 1.54) is 19.3 Å². The third-order valence-electron chi connectivity index (χ3n) is 3.42. The van der Waals surface area contributed by atoms with E-state index >= 15 is 0 Å². The fourth-order valence-corrected chi connectivity index (χ4v) is 3.04. The number of rotatable bonds is 6. The monoisotopic (exact) mass is 303 g/mol. The van der Waals surface area contributed by atoms with E-state index in [0.717, 1.165) is 19.6 Å². The molecule has 1 atom stereocenters. The molecule has 1 fully saturated rings. The maximum absolute atomic E-state index is 11.8. The number of nitrogens with one attached hydrogen (secondary N) is 2. The standard InChI is InChI=1S/C14H29N3O2S/c1-14(2,3)20(19)12-8-16-13(18)15-7-11-17-9-5-4-6-10-17/h4-12H2,1-3H3,(H2,15,16,18). The number of amides is 2. The van der Waals surface area contributed by atoms with E-state index in [1.54, 1.807) is 0 Å². The summed E-state index contributed by atoms with van der Waals surface area (Å²) in [6.45, 7) is 10.2. The summed E-state index contributed by atoms with van der Waals surface area (Å²) in [5.41, 5.74) is 0. The van der Waals surface area contributed by atoms with E-state index in [9.17, 15) is 9.00 Å². The van der Waals surface area contributed by atoms with Gasteiger partial charge in [0.1, 0.15) is 0 Å². The van der Waals surface area contributed by atoms with Crippen LogP contribution >= 0.6 is 0 Å². The molecule has 0 aromatic carbocycles. The lowest BCUT2D eigenvalue weighted by Gasteiger charge is -2.26. The van der Waals surface area contributed by atoms with E-state index in [0.29, 0.717) is 18.8 Å². The summed E-state index contributed by atoms with van der Waals surface area (Å²) < 4.78 is 11.6. The molecule has 1 heterocycles. The van der Waals surface area contributed by atoms with Gasteiger partial charge in [-0.1, -0.05) is 6.42 Å². The van der Waals surface area contributed by atoms with Crippen molar-refractivity contribution in [1.29, 1.82) is 0 Å². The molecule has 2 N–H and O–H groups in total. The van der Waals surface area contributed by atoms with Crippen LogP contribution in [0.4, 0.5) is 4.79 Å². The molecule has 1 rings (SSSR count). The molecule has 1 aliphatic heterocycles. The van der Waals surface area contributed by atoms with Gasteiger partial charge in [0.2, 0.25) is 0 Å². The molecule has 0 aromatic heterocycles. The number of urea groups is 1. The first-order valence-corrected chi connectivity index (χ1v) is 8.84. The highest BCUT2D eigenvalue weighted by Crippen LogP contribution is 2.10. The topological polar surface area (TPSA) is 61.4 Å². The van der Waals surface area contributed by atoms with Crippen LogP contribution in [0, 0.1) is 0 Å². The molecule has 0 radical (unpaired) electrons. The predicted molar refractivity (Wildman–Crippen MR) is 84.5 cm³/mol. The number of nitrogens with zero attached hydrogens (tertiary/aromatic N) is 1. The van der Waals surface area contributed by atoms with Crippen molar-refractivity contribution in [2.45, 2.75) is 44.8 Å². The van der Waals surface area contributed by atoms with E-state index in [2.05, 4.69) is 15.5 Å². The number of hydrogen-bond acceptors (Lipinski definition) is 3. The lowest BCUT2D eigenvalue weighted by molar-refractivity contribution is 0.221. The first-order chi connectivity index (χ1) is 9.39. The fourth-order valence-electron chi connectivity index (χ4n) is 2.14. The SMILES string of the molecule is CC(C)(C)S(=O)CCNC(=O)NCCN1CCCCC1. The van der Waals surface area contributed by atoms with Gasteiger partial charge in [0.05, 0.1) is 0 Å². The maximum Gasteiger partial charge on any atom is 0.314 e. The zero-order valence-electron chi connectivity index (χ0n) is 13.0. The number of carbonyl (C=O) groups excluding carboxylic acids is 1. The lowest BCUT2D eigenvalue weighted by atomic mass is 10.1. The normalized spacial score (nSPS) is 18.6. The van der Waals surface area contributed by atoms with Crippen LogP contribution in [0.25, 0.3) is 0 Å². The van der Waals surface area contributed by atoms with Crippen LogP contribution in [0.15, 0.2) is 0 Å². The summed E-state index contributed by atoms with van der Waals surface area (Å²) in [7, 11) is -0.914. The molecule has 0 aromatic rings. The largest absolute Gasteiger partial charge is 0.337 e. The van der Waals surface area contributed by atoms with Crippen molar-refractivity contribution >= 4 is 16.8 Å². The molecule has 1 aliphatic rings. The summed E-state index contributed by atoms with van der Waals surface area (Å²) in [5.74, 6) is 0.503. The van der Waals surface area contributed by atoms with Crippen molar-refractivity contribution < 1.29 is 9.00 Å². The minimum absolute atomic E-state index is 0.159. The van der Waals surface area contributed by atoms with Crippen LogP contribution in [0.5, 0.6) is 0 Å². The van der Waals surface area contributed by atoms with Crippen LogP contribution in [0.1, 0.15) is 40.0 Å². The Kier molecular flexibility index (Phi) is 7.51. The van der Waals surface area contributed by atoms with Gasteiger partial charge in [0.15, 0.2) is 0 Å². The Balaban J connectivity index is 2.04. The Bertz CT molecular complexity index is 323. The second kappa shape index (κ2) is 8.62. The van der Waals surface area contributed by atoms with E-state index in [1.807, 2.05) is 20.8 Å². The van der Waals surface area contributed by atoms with Gasteiger partial charge < -0.3 is 15.5 Å². The van der Waals surface area contributed by atoms with Gasteiger partial charge in [0, 0.05) is 40.9 Å². The van der Waals surface area contributed by atoms with Crippen molar-refractivity contribution in [3.8, 4) is 0 Å². The van der Waals surface area contributed by atoms with Gasteiger partial charge in [-0.05, 0) is 46.7 Å². The molecule has 0 spiro atoms. The molecule has 0 aliphatic carbocycles. The van der Waals surface area contributed by atoms with Gasteiger partial charge in [-0.25, -0.2) is 4.79 Å². The number of likely N-dealkylation sites (tertiary alicyclic amines) is 1. The first-order valence-electron chi connectivity index (χ1n) is 7.52. The van der Waals surface area contributed by atoms with Crippen LogP contribution in [-0.2, 0) is 10.8 Å². The predicted octanol–water partition coefficient (Wildman–Crippen LogP) is 1.32. The lowest BCUT2D eigenvalue weighted by Crippen LogP contribution is -2.43. The minimum Gasteiger partial charge on any atom is -0.337 e. The Morgan fingerprint density at radius 3 is 2.30 bits per heavy atom. The Hall–Kier alpha value is -0.620. The van der Waals surface area contributed by atoms with Crippen molar-refractivity contribution in [1.82, 2.24) is 15.5 Å². The average Bonchev–Trinajstić information content (AvgIpc) is 2.38. The van der Waals surface area contributed by atoms with Gasteiger partial charge in [-0.15, -0.1) is 0 Å². The van der Waals surface area contributed by atoms with E-state index in [-0.39, 0.29) is 10.8 Å². The smallest absolute Gasteiger partial charge is 0.314 e. The summed E-state index contributed by atoms with van der Waals surface area (Å²) in [6, 6.07) is -0.159. The first kappa shape index (κ1) is 17.4. The van der Waals surface area contributed by atoms with Crippen molar-refractivity contribution in [2.75, 3.05) is 38.5 Å². The third kappa shape index (κ3) is 7.24. The van der Waals surface area contributed by atoms with Crippen LogP contribution in [0.2, 0.25) is 0 Å². The average molecular weight is 303 g/mol. The Morgan fingerprint density at radius 2 is 1.70 bits per heavy atom. The number of piperidine rings is 1. The summed E-state index contributed by atoms with van der Waals surface area (Å²) >= 11 is 0. The van der Waals surface area contributed by atoms with Crippen molar-refractivity contribution in [3.05, 3.63) is 0 Å². The van der Waals surface area contributed by atoms with Gasteiger partial charge in [0.25, 0.3) is 0 Å². The molecule has 1 saturated heterocycles. The highest BCUT2D eigenvalue weighted by atomic mass is 32.2. The quantitative estimate of drug-likeness (QED) is 0.778. The van der Waals surface area contributed by atoms with Gasteiger partial charge >= 0.3 is 6.03 Å². The summed E-state index contributed by atoms with van der Waals surface area (Å²) in [5, 5.41) is 5.61. The van der Waals surface area contributed by atoms with E-state index < -0.39 is 10.8 Å². The van der Waals surface area contributed by atoms with Crippen LogP contribution in [-0.4, -0.2) is 58.4 Å². The molecule has 1 unspecified atom stereocenters. The molecule has 0 bridgehead atoms. The highest BCUT2D eigenvalue weighted by molar-refractivity contribution is 7.86. The molecule has 6 heteroatoms. The summed E-state index contributed by atoms with van der Waals surface area (Å²) in [4.78, 5) is 14.0. The molecule has 20 heavy (non-hydrogen) atoms. The van der Waals surface area contributed by atoms with Gasteiger partial charge in [-0.2, -0.15) is 0 Å². The molecule has 0 saturated carbocycles. The molecular formula is C14H29N3O2S. The minimum atomic E-state index is -0.914. The van der Waals surface area contributed by atoms with Crippen molar-refractivity contribution in [3.63, 3.8) is 0 Å². The molecule has 2 amide bonds. The van der Waals surface area contributed by atoms with Crippen molar-refractivity contribution in [2.24, 2.45) is 0 Å². The Morgan fingerprint density at radius 1 is 1.10 bits per heavy atom. The third-order valence-corrected chi connectivity index (χ3v) is 5.36. The fraction of sp³-hybridized carbons (Fsp3) is 0.929. The second-order valence-corrected chi connectivity index (χ2v) is 8.57. The number of carbonyl (C=O) groups is 1. The zero-order chi connectivity index (χ0) is 15.0. The summed E-state index contributed by atoms with van der Waals surface area (Å²) in [6.07, 6.45) is 3.87. The van der Waals surface area contributed by atoms with E-state index in [4.69, 9.17) is 0 Å².